The number of halogens is 3. The highest BCUT2D eigenvalue weighted by Crippen LogP contribution is 2.34. The topological polar surface area (TPSA) is 53.4 Å². The summed E-state index contributed by atoms with van der Waals surface area (Å²) in [5.74, 6) is -2.07. The van der Waals surface area contributed by atoms with E-state index in [1.165, 1.54) is 0 Å². The van der Waals surface area contributed by atoms with Crippen molar-refractivity contribution in [2.24, 2.45) is 0 Å². The summed E-state index contributed by atoms with van der Waals surface area (Å²) >= 11 is 0. The quantitative estimate of drug-likeness (QED) is 0.751. The zero-order valence-corrected chi connectivity index (χ0v) is 13.3. The van der Waals surface area contributed by atoms with Crippen molar-refractivity contribution in [1.82, 2.24) is 9.55 Å². The molecule has 8 heteroatoms. The molecule has 1 aromatic heterocycles. The van der Waals surface area contributed by atoms with Crippen LogP contribution >= 0.6 is 0 Å². The Morgan fingerprint density at radius 2 is 1.83 bits per heavy atom. The number of nitrogens with zero attached hydrogens (tertiary/aromatic N) is 2. The van der Waals surface area contributed by atoms with Crippen LogP contribution in [-0.2, 0) is 22.4 Å². The van der Waals surface area contributed by atoms with Crippen LogP contribution in [0.4, 0.5) is 13.2 Å². The first-order valence-electron chi connectivity index (χ1n) is 7.38. The summed E-state index contributed by atoms with van der Waals surface area (Å²) < 4.78 is 50.7. The third-order valence-electron chi connectivity index (χ3n) is 3.16. The summed E-state index contributed by atoms with van der Waals surface area (Å²) in [5, 5.41) is 0. The molecule has 0 spiro atoms. The Morgan fingerprint density at radius 3 is 2.38 bits per heavy atom. The van der Waals surface area contributed by atoms with Gasteiger partial charge in [-0.1, -0.05) is 30.3 Å². The van der Waals surface area contributed by atoms with Gasteiger partial charge in [0.2, 0.25) is 5.82 Å². The number of carbonyl (C=O) groups excluding carboxylic acids is 1. The van der Waals surface area contributed by atoms with Gasteiger partial charge in [0.1, 0.15) is 12.4 Å². The van der Waals surface area contributed by atoms with Crippen molar-refractivity contribution < 1.29 is 27.4 Å². The van der Waals surface area contributed by atoms with E-state index in [1.54, 1.807) is 44.2 Å². The number of esters is 1. The molecule has 0 N–H and O–H groups in total. The van der Waals surface area contributed by atoms with Gasteiger partial charge in [0.05, 0.1) is 6.61 Å². The number of benzene rings is 1. The number of ether oxygens (including phenoxy) is 2. The highest BCUT2D eigenvalue weighted by molar-refractivity contribution is 5.94. The minimum Gasteiger partial charge on any atom is -0.461 e. The van der Waals surface area contributed by atoms with E-state index in [9.17, 15) is 18.0 Å². The van der Waals surface area contributed by atoms with Gasteiger partial charge in [-0.25, -0.2) is 9.78 Å². The van der Waals surface area contributed by atoms with E-state index in [0.717, 1.165) is 0 Å². The molecule has 5 nitrogen and oxygen atoms in total. The molecule has 130 valence electrons. The van der Waals surface area contributed by atoms with Crippen molar-refractivity contribution in [1.29, 1.82) is 0 Å². The second-order valence-corrected chi connectivity index (χ2v) is 4.77. The molecule has 2 aromatic rings. The van der Waals surface area contributed by atoms with Crippen LogP contribution < -0.4 is 0 Å². The van der Waals surface area contributed by atoms with Crippen molar-refractivity contribution in [2.75, 3.05) is 13.2 Å². The lowest BCUT2D eigenvalue weighted by molar-refractivity contribution is -0.149. The Balaban J connectivity index is 2.68. The van der Waals surface area contributed by atoms with E-state index in [2.05, 4.69) is 4.98 Å². The van der Waals surface area contributed by atoms with Crippen LogP contribution in [0.2, 0.25) is 0 Å². The van der Waals surface area contributed by atoms with Crippen LogP contribution in [-0.4, -0.2) is 28.7 Å². The van der Waals surface area contributed by atoms with Crippen LogP contribution in [0.3, 0.4) is 0 Å². The zero-order chi connectivity index (χ0) is 17.7. The Labute approximate surface area is 137 Å². The fraction of sp³-hybridized carbons (Fsp3) is 0.375. The van der Waals surface area contributed by atoms with E-state index in [-0.39, 0.29) is 24.6 Å². The molecule has 0 saturated carbocycles. The van der Waals surface area contributed by atoms with E-state index in [4.69, 9.17) is 9.47 Å². The molecule has 24 heavy (non-hydrogen) atoms. The predicted octanol–water partition coefficient (Wildman–Crippen LogP) is 3.74. The SMILES string of the molecule is CCOCn1c(C(F)(F)F)nc(-c2ccccc2)c1C(=O)OCC. The Kier molecular flexibility index (Phi) is 5.61. The Bertz CT molecular complexity index is 697. The van der Waals surface area contributed by atoms with E-state index in [0.29, 0.717) is 10.1 Å². The van der Waals surface area contributed by atoms with Gasteiger partial charge >= 0.3 is 12.1 Å². The summed E-state index contributed by atoms with van der Waals surface area (Å²) in [7, 11) is 0. The third kappa shape index (κ3) is 3.76. The van der Waals surface area contributed by atoms with Crippen molar-refractivity contribution in [2.45, 2.75) is 26.8 Å². The molecule has 0 aliphatic rings. The van der Waals surface area contributed by atoms with Gasteiger partial charge in [-0.3, -0.25) is 4.57 Å². The van der Waals surface area contributed by atoms with Gasteiger partial charge in [0.15, 0.2) is 5.69 Å². The standard InChI is InChI=1S/C16H17F3N2O3/c1-3-23-10-21-13(14(22)24-4-2)12(11-8-6-5-7-9-11)20-15(21)16(17,18)19/h5-9H,3-4,10H2,1-2H3. The average molecular weight is 342 g/mol. The fourth-order valence-corrected chi connectivity index (χ4v) is 2.18. The number of alkyl halides is 3. The molecule has 0 amide bonds. The molecular formula is C16H17F3N2O3. The Morgan fingerprint density at radius 1 is 1.17 bits per heavy atom. The van der Waals surface area contributed by atoms with Crippen molar-refractivity contribution in [3.05, 3.63) is 41.9 Å². The number of hydrogen-bond acceptors (Lipinski definition) is 4. The van der Waals surface area contributed by atoms with Gasteiger partial charge in [-0.15, -0.1) is 0 Å². The zero-order valence-electron chi connectivity index (χ0n) is 13.3. The number of imidazole rings is 1. The molecule has 0 bridgehead atoms. The largest absolute Gasteiger partial charge is 0.461 e. The fourth-order valence-electron chi connectivity index (χ4n) is 2.18. The van der Waals surface area contributed by atoms with Crippen LogP contribution in [0.5, 0.6) is 0 Å². The summed E-state index contributed by atoms with van der Waals surface area (Å²) in [6.45, 7) is 3.01. The number of aromatic nitrogens is 2. The van der Waals surface area contributed by atoms with Crippen molar-refractivity contribution >= 4 is 5.97 Å². The maximum absolute atomic E-state index is 13.3. The lowest BCUT2D eigenvalue weighted by Crippen LogP contribution is -2.21. The number of rotatable bonds is 6. The van der Waals surface area contributed by atoms with Crippen molar-refractivity contribution in [3.63, 3.8) is 0 Å². The molecule has 0 radical (unpaired) electrons. The molecule has 0 aliphatic heterocycles. The summed E-state index contributed by atoms with van der Waals surface area (Å²) in [5.41, 5.74) is 0.0335. The molecule has 1 aromatic carbocycles. The van der Waals surface area contributed by atoms with Crippen LogP contribution in [0.1, 0.15) is 30.2 Å². The average Bonchev–Trinajstić information content (AvgIpc) is 2.93. The molecular weight excluding hydrogens is 325 g/mol. The smallest absolute Gasteiger partial charge is 0.449 e. The minimum absolute atomic E-state index is 0.0359. The molecule has 0 aliphatic carbocycles. The Hall–Kier alpha value is -2.35. The maximum atomic E-state index is 13.3. The summed E-state index contributed by atoms with van der Waals surface area (Å²) in [4.78, 5) is 15.9. The molecule has 2 rings (SSSR count). The lowest BCUT2D eigenvalue weighted by Gasteiger charge is -2.13. The van der Waals surface area contributed by atoms with E-state index < -0.39 is 24.7 Å². The van der Waals surface area contributed by atoms with Gasteiger partial charge in [-0.2, -0.15) is 13.2 Å². The molecule has 0 unspecified atom stereocenters. The summed E-state index contributed by atoms with van der Waals surface area (Å²) in [6.07, 6.45) is -4.73. The van der Waals surface area contributed by atoms with E-state index in [1.807, 2.05) is 0 Å². The van der Waals surface area contributed by atoms with Crippen LogP contribution in [0.15, 0.2) is 30.3 Å². The molecule has 0 fully saturated rings. The van der Waals surface area contributed by atoms with Gasteiger partial charge in [0.25, 0.3) is 0 Å². The molecule has 0 saturated heterocycles. The normalized spacial score (nSPS) is 11.5. The van der Waals surface area contributed by atoms with E-state index >= 15 is 0 Å². The first-order valence-corrected chi connectivity index (χ1v) is 7.38. The van der Waals surface area contributed by atoms with Crippen LogP contribution in [0, 0.1) is 0 Å². The van der Waals surface area contributed by atoms with Gasteiger partial charge < -0.3 is 9.47 Å². The number of carbonyl (C=O) groups is 1. The lowest BCUT2D eigenvalue weighted by atomic mass is 10.1. The third-order valence-corrected chi connectivity index (χ3v) is 3.16. The maximum Gasteiger partial charge on any atom is 0.449 e. The predicted molar refractivity (Wildman–Crippen MR) is 80.2 cm³/mol. The summed E-state index contributed by atoms with van der Waals surface area (Å²) in [6, 6.07) is 8.18. The second kappa shape index (κ2) is 7.48. The highest BCUT2D eigenvalue weighted by Gasteiger charge is 2.40. The van der Waals surface area contributed by atoms with Gasteiger partial charge in [0, 0.05) is 12.2 Å². The minimum atomic E-state index is -4.73. The van der Waals surface area contributed by atoms with Gasteiger partial charge in [-0.05, 0) is 13.8 Å². The highest BCUT2D eigenvalue weighted by atomic mass is 19.4. The first kappa shape index (κ1) is 18.0. The monoisotopic (exact) mass is 342 g/mol. The first-order chi connectivity index (χ1) is 11.4. The van der Waals surface area contributed by atoms with Crippen molar-refractivity contribution in [3.8, 4) is 11.3 Å². The number of hydrogen-bond donors (Lipinski definition) is 0. The molecule has 1 heterocycles. The second-order valence-electron chi connectivity index (χ2n) is 4.77. The van der Waals surface area contributed by atoms with Crippen LogP contribution in [0.25, 0.3) is 11.3 Å². The molecule has 0 atom stereocenters.